The number of nitrogens with one attached hydrogen (secondary N) is 1. The van der Waals surface area contributed by atoms with Crippen LogP contribution in [-0.2, 0) is 9.53 Å². The van der Waals surface area contributed by atoms with Crippen molar-refractivity contribution in [3.05, 3.63) is 18.1 Å². The Morgan fingerprint density at radius 1 is 1.50 bits per heavy atom. The van der Waals surface area contributed by atoms with Gasteiger partial charge in [0.25, 0.3) is 5.91 Å². The molecular weight excluding hydrogens is 182 g/mol. The van der Waals surface area contributed by atoms with Crippen LogP contribution in [0.5, 0.6) is 0 Å². The van der Waals surface area contributed by atoms with Crippen molar-refractivity contribution in [2.45, 2.75) is 14.4 Å². The molecule has 0 atom stereocenters. The Bertz CT molecular complexity index is 285. The number of ether oxygens (including phenoxy) is 1. The number of methoxy groups -OCH3 is 1. The first-order valence-electron chi connectivity index (χ1n) is 3.80. The topological polar surface area (TPSA) is 64.1 Å². The molecule has 1 rings (SSSR count). The van der Waals surface area contributed by atoms with Crippen LogP contribution in [0.15, 0.2) is 12.4 Å². The Balaban J connectivity index is 0.00000169. The number of amides is 1. The number of aryl methyl sites for hydroxylation is 1. The molecular formula is C9H15N3O2. The summed E-state index contributed by atoms with van der Waals surface area (Å²) in [6.07, 6.45) is 3.09. The number of hydrogen-bond acceptors (Lipinski definition) is 4. The lowest BCUT2D eigenvalue weighted by Gasteiger charge is -2.02. The summed E-state index contributed by atoms with van der Waals surface area (Å²) in [6, 6.07) is 0. The van der Waals surface area contributed by atoms with Gasteiger partial charge in [0.15, 0.2) is 5.82 Å². The van der Waals surface area contributed by atoms with Crippen LogP contribution in [0.2, 0.25) is 0 Å². The molecule has 1 aromatic rings. The number of nitrogens with zero attached hydrogens (tertiary/aromatic N) is 2. The predicted molar refractivity (Wildman–Crippen MR) is 54.0 cm³/mol. The normalized spacial score (nSPS) is 9.00. The standard InChI is InChI=1S/C8H11N3O2.CH4/c1-6-3-10-7(4-9-6)11-8(12)5-13-2;/h3-4H,5H2,1-2H3,(H,10,11,12);1H4. The van der Waals surface area contributed by atoms with Crippen molar-refractivity contribution in [2.75, 3.05) is 19.0 Å². The molecule has 1 amide bonds. The maximum absolute atomic E-state index is 11.0. The number of aromatic nitrogens is 2. The van der Waals surface area contributed by atoms with Gasteiger partial charge in [-0.1, -0.05) is 7.43 Å². The van der Waals surface area contributed by atoms with Crippen molar-refractivity contribution in [2.24, 2.45) is 0 Å². The summed E-state index contributed by atoms with van der Waals surface area (Å²) in [5.41, 5.74) is 0.810. The highest BCUT2D eigenvalue weighted by molar-refractivity contribution is 5.90. The summed E-state index contributed by atoms with van der Waals surface area (Å²) in [5.74, 6) is 0.202. The molecule has 78 valence electrons. The van der Waals surface area contributed by atoms with Crippen LogP contribution in [-0.4, -0.2) is 29.6 Å². The Morgan fingerprint density at radius 2 is 2.21 bits per heavy atom. The monoisotopic (exact) mass is 197 g/mol. The van der Waals surface area contributed by atoms with E-state index in [-0.39, 0.29) is 19.9 Å². The molecule has 0 bridgehead atoms. The summed E-state index contributed by atoms with van der Waals surface area (Å²) in [4.78, 5) is 18.9. The quantitative estimate of drug-likeness (QED) is 0.785. The smallest absolute Gasteiger partial charge is 0.251 e. The second-order valence-electron chi connectivity index (χ2n) is 2.52. The van der Waals surface area contributed by atoms with E-state index in [1.165, 1.54) is 13.3 Å². The lowest BCUT2D eigenvalue weighted by Crippen LogP contribution is -2.18. The molecule has 5 heteroatoms. The summed E-state index contributed by atoms with van der Waals surface area (Å²) in [5, 5.41) is 2.53. The summed E-state index contributed by atoms with van der Waals surface area (Å²) in [7, 11) is 1.46. The fourth-order valence-electron chi connectivity index (χ4n) is 0.767. The Morgan fingerprint density at radius 3 is 2.71 bits per heavy atom. The van der Waals surface area contributed by atoms with Crippen molar-refractivity contribution in [1.29, 1.82) is 0 Å². The maximum Gasteiger partial charge on any atom is 0.251 e. The van der Waals surface area contributed by atoms with Gasteiger partial charge in [-0.15, -0.1) is 0 Å². The van der Waals surface area contributed by atoms with Gasteiger partial charge in [-0.05, 0) is 6.92 Å². The first-order chi connectivity index (χ1) is 6.22. The van der Waals surface area contributed by atoms with Gasteiger partial charge in [0.05, 0.1) is 18.1 Å². The molecule has 0 saturated heterocycles. The second-order valence-corrected chi connectivity index (χ2v) is 2.52. The zero-order chi connectivity index (χ0) is 9.68. The molecule has 0 aromatic carbocycles. The minimum absolute atomic E-state index is 0. The molecule has 0 aliphatic heterocycles. The molecule has 0 aliphatic rings. The number of anilines is 1. The van der Waals surface area contributed by atoms with Gasteiger partial charge in [0, 0.05) is 7.11 Å². The number of carbonyl (C=O) groups is 1. The van der Waals surface area contributed by atoms with Crippen LogP contribution < -0.4 is 5.32 Å². The minimum atomic E-state index is -0.236. The summed E-state index contributed by atoms with van der Waals surface area (Å²) >= 11 is 0. The first kappa shape index (κ1) is 12.5. The van der Waals surface area contributed by atoms with Gasteiger partial charge in [-0.25, -0.2) is 4.98 Å². The maximum atomic E-state index is 11.0. The lowest BCUT2D eigenvalue weighted by atomic mass is 10.5. The van der Waals surface area contributed by atoms with Crippen LogP contribution in [0.1, 0.15) is 13.1 Å². The number of rotatable bonds is 3. The van der Waals surface area contributed by atoms with E-state index in [4.69, 9.17) is 0 Å². The average molecular weight is 197 g/mol. The number of hydrogen-bond donors (Lipinski definition) is 1. The predicted octanol–water partition coefficient (Wildman–Crippen LogP) is 1.01. The van der Waals surface area contributed by atoms with Crippen molar-refractivity contribution >= 4 is 11.7 Å². The molecule has 0 saturated carbocycles. The van der Waals surface area contributed by atoms with E-state index >= 15 is 0 Å². The van der Waals surface area contributed by atoms with Crippen molar-refractivity contribution in [3.8, 4) is 0 Å². The lowest BCUT2D eigenvalue weighted by molar-refractivity contribution is -0.119. The summed E-state index contributed by atoms with van der Waals surface area (Å²) in [6.45, 7) is 1.85. The van der Waals surface area contributed by atoms with Gasteiger partial charge in [0.1, 0.15) is 6.61 Å². The molecule has 0 spiro atoms. The van der Waals surface area contributed by atoms with E-state index in [0.717, 1.165) is 5.69 Å². The molecule has 5 nitrogen and oxygen atoms in total. The van der Waals surface area contributed by atoms with Gasteiger partial charge in [0.2, 0.25) is 0 Å². The molecule has 0 fully saturated rings. The third-order valence-corrected chi connectivity index (χ3v) is 1.32. The van der Waals surface area contributed by atoms with E-state index in [0.29, 0.717) is 5.82 Å². The molecule has 1 heterocycles. The van der Waals surface area contributed by atoms with E-state index < -0.39 is 0 Å². The van der Waals surface area contributed by atoms with Gasteiger partial charge >= 0.3 is 0 Å². The van der Waals surface area contributed by atoms with Crippen molar-refractivity contribution < 1.29 is 9.53 Å². The van der Waals surface area contributed by atoms with Crippen LogP contribution in [0, 0.1) is 6.92 Å². The van der Waals surface area contributed by atoms with E-state index in [1.54, 1.807) is 6.20 Å². The molecule has 0 aliphatic carbocycles. The molecule has 1 N–H and O–H groups in total. The highest BCUT2D eigenvalue weighted by Gasteiger charge is 2.01. The van der Waals surface area contributed by atoms with Gasteiger partial charge < -0.3 is 10.1 Å². The highest BCUT2D eigenvalue weighted by atomic mass is 16.5. The molecule has 1 aromatic heterocycles. The van der Waals surface area contributed by atoms with E-state index in [1.807, 2.05) is 6.92 Å². The van der Waals surface area contributed by atoms with Crippen LogP contribution in [0.4, 0.5) is 5.82 Å². The third-order valence-electron chi connectivity index (χ3n) is 1.32. The van der Waals surface area contributed by atoms with E-state index in [2.05, 4.69) is 20.0 Å². The SMILES string of the molecule is C.COCC(=O)Nc1cnc(C)cn1. The number of carbonyl (C=O) groups excluding carboxylic acids is 1. The van der Waals surface area contributed by atoms with Crippen LogP contribution in [0.3, 0.4) is 0 Å². The van der Waals surface area contributed by atoms with Crippen molar-refractivity contribution in [1.82, 2.24) is 9.97 Å². The first-order valence-corrected chi connectivity index (χ1v) is 3.80. The molecule has 0 radical (unpaired) electrons. The zero-order valence-corrected chi connectivity index (χ0v) is 7.57. The Kier molecular flexibility index (Phi) is 5.40. The second kappa shape index (κ2) is 6.04. The molecule has 14 heavy (non-hydrogen) atoms. The van der Waals surface area contributed by atoms with Gasteiger partial charge in [-0.3, -0.25) is 9.78 Å². The third kappa shape index (κ3) is 3.95. The molecule has 0 unspecified atom stereocenters. The Labute approximate surface area is 83.5 Å². The van der Waals surface area contributed by atoms with E-state index in [9.17, 15) is 4.79 Å². The Hall–Kier alpha value is -1.49. The zero-order valence-electron chi connectivity index (χ0n) is 7.57. The largest absolute Gasteiger partial charge is 0.375 e. The van der Waals surface area contributed by atoms with Crippen LogP contribution >= 0.6 is 0 Å². The van der Waals surface area contributed by atoms with Crippen molar-refractivity contribution in [3.63, 3.8) is 0 Å². The average Bonchev–Trinajstić information content (AvgIpc) is 2.09. The minimum Gasteiger partial charge on any atom is -0.375 e. The fraction of sp³-hybridized carbons (Fsp3) is 0.444. The van der Waals surface area contributed by atoms with Crippen LogP contribution in [0.25, 0.3) is 0 Å². The fourth-order valence-corrected chi connectivity index (χ4v) is 0.767. The van der Waals surface area contributed by atoms with Gasteiger partial charge in [-0.2, -0.15) is 0 Å². The summed E-state index contributed by atoms with van der Waals surface area (Å²) < 4.78 is 4.64. The highest BCUT2D eigenvalue weighted by Crippen LogP contribution is 1.99.